The second kappa shape index (κ2) is 5.35. The Kier molecular flexibility index (Phi) is 3.82. The van der Waals surface area contributed by atoms with Gasteiger partial charge in [-0.25, -0.2) is 0 Å². The number of phenolic OH excluding ortho intramolecular Hbond substituents is 1. The number of fused-ring (bicyclic) bond motifs is 1. The van der Waals surface area contributed by atoms with Gasteiger partial charge >= 0.3 is 0 Å². The quantitative estimate of drug-likeness (QED) is 0.641. The van der Waals surface area contributed by atoms with Crippen molar-refractivity contribution in [1.29, 1.82) is 0 Å². The number of phenols is 1. The van der Waals surface area contributed by atoms with Gasteiger partial charge in [0.05, 0.1) is 0 Å². The highest BCUT2D eigenvalue weighted by Crippen LogP contribution is 2.33. The minimum Gasteiger partial charge on any atom is -0.508 e. The van der Waals surface area contributed by atoms with Gasteiger partial charge in [-0.05, 0) is 54.4 Å². The Balaban J connectivity index is 2.34. The van der Waals surface area contributed by atoms with Crippen molar-refractivity contribution in [2.24, 2.45) is 0 Å². The van der Waals surface area contributed by atoms with Crippen LogP contribution in [0.5, 0.6) is 5.75 Å². The van der Waals surface area contributed by atoms with Crippen LogP contribution in [-0.4, -0.2) is 11.4 Å². The first-order valence-corrected chi connectivity index (χ1v) is 6.50. The summed E-state index contributed by atoms with van der Waals surface area (Å²) in [5, 5.41) is 10.0. The summed E-state index contributed by atoms with van der Waals surface area (Å²) in [6, 6.07) is 4.03. The summed E-state index contributed by atoms with van der Waals surface area (Å²) in [5.41, 5.74) is 3.59. The highest BCUT2D eigenvalue weighted by Gasteiger charge is 2.15. The van der Waals surface area contributed by atoms with E-state index >= 15 is 0 Å². The van der Waals surface area contributed by atoms with Gasteiger partial charge < -0.3 is 9.90 Å². The Hall–Kier alpha value is -1.31. The molecule has 0 aliphatic heterocycles. The molecule has 0 saturated carbocycles. The van der Waals surface area contributed by atoms with Crippen molar-refractivity contribution < 1.29 is 9.90 Å². The molecule has 2 rings (SSSR count). The fourth-order valence-corrected chi connectivity index (χ4v) is 2.63. The maximum absolute atomic E-state index is 10.6. The zero-order chi connectivity index (χ0) is 12.3. The van der Waals surface area contributed by atoms with Crippen LogP contribution in [0.1, 0.15) is 55.2 Å². The smallest absolute Gasteiger partial charge is 0.120 e. The predicted octanol–water partition coefficient (Wildman–Crippen LogP) is 3.35. The molecule has 92 valence electrons. The van der Waals surface area contributed by atoms with E-state index in [1.54, 1.807) is 0 Å². The lowest BCUT2D eigenvalue weighted by Crippen LogP contribution is -1.99. The maximum atomic E-state index is 10.6. The first-order valence-electron chi connectivity index (χ1n) is 6.50. The number of aldehydes is 1. The Morgan fingerprint density at radius 1 is 1.24 bits per heavy atom. The van der Waals surface area contributed by atoms with E-state index in [9.17, 15) is 9.90 Å². The van der Waals surface area contributed by atoms with E-state index in [1.165, 1.54) is 30.4 Å². The second-order valence-electron chi connectivity index (χ2n) is 5.04. The summed E-state index contributed by atoms with van der Waals surface area (Å²) in [7, 11) is 0. The van der Waals surface area contributed by atoms with Crippen LogP contribution in [0.2, 0.25) is 0 Å². The van der Waals surface area contributed by atoms with Crippen LogP contribution in [-0.2, 0) is 17.6 Å². The van der Waals surface area contributed by atoms with E-state index in [1.807, 2.05) is 13.0 Å². The van der Waals surface area contributed by atoms with Crippen molar-refractivity contribution in [2.45, 2.75) is 51.4 Å². The molecule has 17 heavy (non-hydrogen) atoms. The summed E-state index contributed by atoms with van der Waals surface area (Å²) in [6.07, 6.45) is 7.31. The monoisotopic (exact) mass is 232 g/mol. The predicted molar refractivity (Wildman–Crippen MR) is 68.5 cm³/mol. The van der Waals surface area contributed by atoms with Crippen molar-refractivity contribution in [1.82, 2.24) is 0 Å². The summed E-state index contributed by atoms with van der Waals surface area (Å²) in [5.74, 6) is 0.473. The van der Waals surface area contributed by atoms with Crippen molar-refractivity contribution in [3.8, 4) is 5.75 Å². The fraction of sp³-hybridized carbons (Fsp3) is 0.533. The van der Waals surface area contributed by atoms with Crippen molar-refractivity contribution in [3.63, 3.8) is 0 Å². The van der Waals surface area contributed by atoms with Gasteiger partial charge in [0.1, 0.15) is 12.0 Å². The molecular formula is C15H20O2. The number of carbonyl (C=O) groups is 1. The average Bonchev–Trinajstić information content (AvgIpc) is 2.52. The van der Waals surface area contributed by atoms with E-state index in [-0.39, 0.29) is 5.92 Å². The van der Waals surface area contributed by atoms with Gasteiger partial charge in [0, 0.05) is 6.42 Å². The van der Waals surface area contributed by atoms with Crippen LogP contribution in [0, 0.1) is 0 Å². The van der Waals surface area contributed by atoms with E-state index in [2.05, 4.69) is 6.07 Å². The molecular weight excluding hydrogens is 212 g/mol. The second-order valence-corrected chi connectivity index (χ2v) is 5.04. The first kappa shape index (κ1) is 12.2. The Labute approximate surface area is 103 Å². The summed E-state index contributed by atoms with van der Waals surface area (Å²) in [4.78, 5) is 10.6. The average molecular weight is 232 g/mol. The lowest BCUT2D eigenvalue weighted by molar-refractivity contribution is -0.108. The van der Waals surface area contributed by atoms with Gasteiger partial charge in [-0.15, -0.1) is 0 Å². The fourth-order valence-electron chi connectivity index (χ4n) is 2.63. The van der Waals surface area contributed by atoms with Crippen molar-refractivity contribution >= 4 is 6.29 Å². The zero-order valence-corrected chi connectivity index (χ0v) is 10.4. The number of benzene rings is 1. The number of aryl methyl sites for hydroxylation is 2. The Morgan fingerprint density at radius 3 is 2.53 bits per heavy atom. The van der Waals surface area contributed by atoms with Crippen LogP contribution < -0.4 is 0 Å². The molecule has 2 heteroatoms. The van der Waals surface area contributed by atoms with Gasteiger partial charge in [0.25, 0.3) is 0 Å². The lowest BCUT2D eigenvalue weighted by atomic mass is 9.91. The number of hydrogen-bond donors (Lipinski definition) is 1. The van der Waals surface area contributed by atoms with Crippen molar-refractivity contribution in [2.75, 3.05) is 0 Å². The molecule has 0 radical (unpaired) electrons. The number of aromatic hydroxyl groups is 1. The molecule has 0 heterocycles. The van der Waals surface area contributed by atoms with Gasteiger partial charge in [0.2, 0.25) is 0 Å². The van der Waals surface area contributed by atoms with Crippen LogP contribution in [0.15, 0.2) is 12.1 Å². The molecule has 0 fully saturated rings. The SMILES string of the molecule is CC(CC=O)c1cc2c(cc1O)CCCCC2. The largest absolute Gasteiger partial charge is 0.508 e. The van der Waals surface area contributed by atoms with E-state index in [4.69, 9.17) is 0 Å². The summed E-state index contributed by atoms with van der Waals surface area (Å²) >= 11 is 0. The molecule has 1 N–H and O–H groups in total. The normalized spacial score (nSPS) is 17.0. The molecule has 1 aliphatic rings. The first-order chi connectivity index (χ1) is 8.22. The highest BCUT2D eigenvalue weighted by molar-refractivity contribution is 5.53. The minimum atomic E-state index is 0.112. The maximum Gasteiger partial charge on any atom is 0.120 e. The van der Waals surface area contributed by atoms with E-state index < -0.39 is 0 Å². The topological polar surface area (TPSA) is 37.3 Å². The zero-order valence-electron chi connectivity index (χ0n) is 10.4. The van der Waals surface area contributed by atoms with Gasteiger partial charge in [-0.1, -0.05) is 19.4 Å². The molecule has 0 amide bonds. The third-order valence-electron chi connectivity index (χ3n) is 3.72. The molecule has 0 saturated heterocycles. The minimum absolute atomic E-state index is 0.112. The van der Waals surface area contributed by atoms with Crippen molar-refractivity contribution in [3.05, 3.63) is 28.8 Å². The molecule has 0 bridgehead atoms. The number of rotatable bonds is 3. The summed E-state index contributed by atoms with van der Waals surface area (Å²) in [6.45, 7) is 1.99. The van der Waals surface area contributed by atoms with Crippen LogP contribution in [0.3, 0.4) is 0 Å². The molecule has 1 aromatic rings. The van der Waals surface area contributed by atoms with E-state index in [0.29, 0.717) is 12.2 Å². The number of carbonyl (C=O) groups excluding carboxylic acids is 1. The van der Waals surface area contributed by atoms with E-state index in [0.717, 1.165) is 24.7 Å². The van der Waals surface area contributed by atoms with Gasteiger partial charge in [0.15, 0.2) is 0 Å². The molecule has 1 aliphatic carbocycles. The molecule has 2 nitrogen and oxygen atoms in total. The third kappa shape index (κ3) is 2.68. The lowest BCUT2D eigenvalue weighted by Gasteiger charge is -2.15. The third-order valence-corrected chi connectivity index (χ3v) is 3.72. The van der Waals surface area contributed by atoms with Crippen LogP contribution in [0.25, 0.3) is 0 Å². The Bertz CT molecular complexity index is 410. The molecule has 1 unspecified atom stereocenters. The highest BCUT2D eigenvalue weighted by atomic mass is 16.3. The number of hydrogen-bond acceptors (Lipinski definition) is 2. The molecule has 1 atom stereocenters. The molecule has 0 spiro atoms. The standard InChI is InChI=1S/C15H20O2/c1-11(7-8-16)14-9-12-5-3-2-4-6-13(12)10-15(14)17/h8-11,17H,2-7H2,1H3. The molecule has 1 aromatic carbocycles. The molecule has 0 aromatic heterocycles. The van der Waals surface area contributed by atoms with Gasteiger partial charge in [-0.2, -0.15) is 0 Å². The van der Waals surface area contributed by atoms with Crippen LogP contribution >= 0.6 is 0 Å². The Morgan fingerprint density at radius 2 is 1.88 bits per heavy atom. The van der Waals surface area contributed by atoms with Crippen LogP contribution in [0.4, 0.5) is 0 Å². The summed E-state index contributed by atoms with van der Waals surface area (Å²) < 4.78 is 0. The van der Waals surface area contributed by atoms with Gasteiger partial charge in [-0.3, -0.25) is 0 Å².